The largest absolute Gasteiger partial charge is 0.497 e. The molecule has 0 amide bonds. The fraction of sp³-hybridized carbons (Fsp3) is 0.200. The molecule has 0 saturated carbocycles. The normalized spacial score (nSPS) is 10.9. The van der Waals surface area contributed by atoms with Crippen molar-refractivity contribution in [2.75, 3.05) is 7.11 Å². The fourth-order valence-corrected chi connectivity index (χ4v) is 2.47. The van der Waals surface area contributed by atoms with Crippen molar-refractivity contribution in [2.45, 2.75) is 12.8 Å². The molecule has 0 radical (unpaired) electrons. The molecule has 1 aromatic carbocycles. The van der Waals surface area contributed by atoms with Crippen LogP contribution in [0.4, 0.5) is 0 Å². The summed E-state index contributed by atoms with van der Waals surface area (Å²) in [5.41, 5.74) is 2.13. The lowest BCUT2D eigenvalue weighted by Crippen LogP contribution is -1.98. The van der Waals surface area contributed by atoms with E-state index in [0.29, 0.717) is 0 Å². The molecule has 3 aromatic rings. The highest BCUT2D eigenvalue weighted by molar-refractivity contribution is 9.10. The summed E-state index contributed by atoms with van der Waals surface area (Å²) in [5.74, 6) is 1.85. The first-order valence-corrected chi connectivity index (χ1v) is 7.17. The molecule has 20 heavy (non-hydrogen) atoms. The van der Waals surface area contributed by atoms with Crippen LogP contribution in [-0.2, 0) is 12.8 Å². The van der Waals surface area contributed by atoms with Gasteiger partial charge in [-0.2, -0.15) is 0 Å². The van der Waals surface area contributed by atoms with Crippen molar-refractivity contribution in [3.8, 4) is 5.75 Å². The zero-order chi connectivity index (χ0) is 13.9. The Morgan fingerprint density at radius 1 is 1.05 bits per heavy atom. The minimum Gasteiger partial charge on any atom is -0.497 e. The Balaban J connectivity index is 1.77. The van der Waals surface area contributed by atoms with Crippen LogP contribution in [0.15, 0.2) is 47.1 Å². The average molecular weight is 332 g/mol. The van der Waals surface area contributed by atoms with Crippen LogP contribution in [0, 0.1) is 0 Å². The smallest absolute Gasteiger partial charge is 0.160 e. The molecule has 4 nitrogen and oxygen atoms in total. The van der Waals surface area contributed by atoms with Gasteiger partial charge in [0.25, 0.3) is 0 Å². The van der Waals surface area contributed by atoms with Gasteiger partial charge in [0.1, 0.15) is 11.6 Å². The average Bonchev–Trinajstić information content (AvgIpc) is 2.88. The van der Waals surface area contributed by atoms with Crippen LogP contribution in [0.1, 0.15) is 11.4 Å². The molecule has 3 rings (SSSR count). The van der Waals surface area contributed by atoms with E-state index in [1.165, 1.54) is 5.56 Å². The molecular formula is C15H14BrN3O. The van der Waals surface area contributed by atoms with Crippen LogP contribution >= 0.6 is 15.9 Å². The summed E-state index contributed by atoms with van der Waals surface area (Å²) in [6, 6.07) is 12.0. The minimum absolute atomic E-state index is 0.851. The van der Waals surface area contributed by atoms with Crippen molar-refractivity contribution in [3.63, 3.8) is 0 Å². The second-order valence-corrected chi connectivity index (χ2v) is 5.46. The molecule has 0 spiro atoms. The van der Waals surface area contributed by atoms with E-state index in [4.69, 9.17) is 4.74 Å². The van der Waals surface area contributed by atoms with Crippen LogP contribution in [-0.4, -0.2) is 21.7 Å². The molecule has 102 valence electrons. The van der Waals surface area contributed by atoms with E-state index in [0.717, 1.165) is 34.5 Å². The molecule has 0 fully saturated rings. The summed E-state index contributed by atoms with van der Waals surface area (Å²) in [7, 11) is 1.68. The summed E-state index contributed by atoms with van der Waals surface area (Å²) < 4.78 is 8.20. The summed E-state index contributed by atoms with van der Waals surface area (Å²) in [4.78, 5) is 0. The molecule has 0 aliphatic rings. The van der Waals surface area contributed by atoms with E-state index in [-0.39, 0.29) is 0 Å². The molecule has 2 heterocycles. The molecule has 0 bridgehead atoms. The Morgan fingerprint density at radius 3 is 2.60 bits per heavy atom. The number of hydrogen-bond acceptors (Lipinski definition) is 3. The van der Waals surface area contributed by atoms with Gasteiger partial charge < -0.3 is 4.74 Å². The molecule has 0 aliphatic carbocycles. The number of rotatable bonds is 4. The summed E-state index contributed by atoms with van der Waals surface area (Å²) >= 11 is 3.47. The highest BCUT2D eigenvalue weighted by atomic mass is 79.9. The van der Waals surface area contributed by atoms with Crippen molar-refractivity contribution in [1.29, 1.82) is 0 Å². The van der Waals surface area contributed by atoms with E-state index >= 15 is 0 Å². The minimum atomic E-state index is 0.851. The first kappa shape index (κ1) is 13.1. The number of halogens is 1. The van der Waals surface area contributed by atoms with Crippen LogP contribution in [0.3, 0.4) is 0 Å². The molecule has 0 atom stereocenters. The third kappa shape index (κ3) is 2.67. The van der Waals surface area contributed by atoms with E-state index in [2.05, 4.69) is 38.3 Å². The van der Waals surface area contributed by atoms with E-state index < -0.39 is 0 Å². The van der Waals surface area contributed by atoms with Crippen molar-refractivity contribution < 1.29 is 4.74 Å². The number of methoxy groups -OCH3 is 1. The zero-order valence-electron chi connectivity index (χ0n) is 11.1. The second kappa shape index (κ2) is 5.63. The quantitative estimate of drug-likeness (QED) is 0.736. The topological polar surface area (TPSA) is 39.4 Å². The SMILES string of the molecule is COc1ccc(CCc2nnc3ccc(Br)cn23)cc1. The Hall–Kier alpha value is -1.88. The molecule has 2 aromatic heterocycles. The molecule has 0 N–H and O–H groups in total. The van der Waals surface area contributed by atoms with Crippen molar-refractivity contribution in [1.82, 2.24) is 14.6 Å². The summed E-state index contributed by atoms with van der Waals surface area (Å²) in [5, 5.41) is 8.42. The van der Waals surface area contributed by atoms with Gasteiger partial charge in [-0.15, -0.1) is 10.2 Å². The number of pyridine rings is 1. The number of benzene rings is 1. The van der Waals surface area contributed by atoms with E-state index in [1.54, 1.807) is 7.11 Å². The van der Waals surface area contributed by atoms with Gasteiger partial charge in [0.15, 0.2) is 5.65 Å². The fourth-order valence-electron chi connectivity index (χ4n) is 2.13. The lowest BCUT2D eigenvalue weighted by atomic mass is 10.1. The summed E-state index contributed by atoms with van der Waals surface area (Å²) in [6.07, 6.45) is 3.78. The van der Waals surface area contributed by atoms with Gasteiger partial charge in [0.05, 0.1) is 7.11 Å². The maximum Gasteiger partial charge on any atom is 0.160 e. The predicted octanol–water partition coefficient (Wildman–Crippen LogP) is 3.29. The second-order valence-electron chi connectivity index (χ2n) is 4.54. The van der Waals surface area contributed by atoms with E-state index in [1.807, 2.05) is 34.9 Å². The number of nitrogens with zero attached hydrogens (tertiary/aromatic N) is 3. The third-order valence-electron chi connectivity index (χ3n) is 3.23. The number of ether oxygens (including phenoxy) is 1. The monoisotopic (exact) mass is 331 g/mol. The van der Waals surface area contributed by atoms with Gasteiger partial charge in [-0.3, -0.25) is 4.40 Å². The lowest BCUT2D eigenvalue weighted by molar-refractivity contribution is 0.414. The lowest BCUT2D eigenvalue weighted by Gasteiger charge is -2.03. The van der Waals surface area contributed by atoms with E-state index in [9.17, 15) is 0 Å². The predicted molar refractivity (Wildman–Crippen MR) is 81.1 cm³/mol. The van der Waals surface area contributed by atoms with Gasteiger partial charge in [-0.05, 0) is 52.2 Å². The number of fused-ring (bicyclic) bond motifs is 1. The van der Waals surface area contributed by atoms with Crippen LogP contribution < -0.4 is 4.74 Å². The third-order valence-corrected chi connectivity index (χ3v) is 3.70. The van der Waals surface area contributed by atoms with Crippen LogP contribution in [0.5, 0.6) is 5.75 Å². The summed E-state index contributed by atoms with van der Waals surface area (Å²) in [6.45, 7) is 0. The zero-order valence-corrected chi connectivity index (χ0v) is 12.7. The Morgan fingerprint density at radius 2 is 1.85 bits per heavy atom. The Labute approximate surface area is 125 Å². The molecular weight excluding hydrogens is 318 g/mol. The number of aromatic nitrogens is 3. The molecule has 0 aliphatic heterocycles. The van der Waals surface area contributed by atoms with Gasteiger partial charge >= 0.3 is 0 Å². The van der Waals surface area contributed by atoms with Crippen LogP contribution in [0.25, 0.3) is 5.65 Å². The maximum atomic E-state index is 5.16. The molecule has 0 saturated heterocycles. The number of hydrogen-bond donors (Lipinski definition) is 0. The van der Waals surface area contributed by atoms with Gasteiger partial charge in [-0.25, -0.2) is 0 Å². The number of aryl methyl sites for hydroxylation is 2. The van der Waals surface area contributed by atoms with Gasteiger partial charge in [0.2, 0.25) is 0 Å². The first-order valence-electron chi connectivity index (χ1n) is 6.38. The van der Waals surface area contributed by atoms with Gasteiger partial charge in [-0.1, -0.05) is 12.1 Å². The highest BCUT2D eigenvalue weighted by Crippen LogP contribution is 2.15. The van der Waals surface area contributed by atoms with Gasteiger partial charge in [0, 0.05) is 17.1 Å². The van der Waals surface area contributed by atoms with Crippen molar-refractivity contribution >= 4 is 21.6 Å². The van der Waals surface area contributed by atoms with Crippen LogP contribution in [0.2, 0.25) is 0 Å². The van der Waals surface area contributed by atoms with Crippen molar-refractivity contribution in [3.05, 3.63) is 58.5 Å². The molecule has 5 heteroatoms. The molecule has 0 unspecified atom stereocenters. The first-order chi connectivity index (χ1) is 9.76. The van der Waals surface area contributed by atoms with Crippen molar-refractivity contribution in [2.24, 2.45) is 0 Å². The maximum absolute atomic E-state index is 5.16. The standard InChI is InChI=1S/C15H14BrN3O/c1-20-13-6-2-11(3-7-13)4-8-14-17-18-15-9-5-12(16)10-19(14)15/h2-3,5-7,9-10H,4,8H2,1H3. The Kier molecular flexibility index (Phi) is 3.69. The highest BCUT2D eigenvalue weighted by Gasteiger charge is 2.06. The Bertz CT molecular complexity index is 722.